The van der Waals surface area contributed by atoms with E-state index in [-0.39, 0.29) is 5.54 Å². The standard InChI is InChI=1S/C18H23N5/c1-22-15-5-3-2-4-14(15)19-17(22)20-16-6-9-18(21-16)12-23-10-7-13(18)8-11-23/h2-6,13,21H,7-12H2,1H3,(H,19,20). The van der Waals surface area contributed by atoms with Crippen LogP contribution in [0.5, 0.6) is 0 Å². The van der Waals surface area contributed by atoms with Crippen molar-refractivity contribution in [2.24, 2.45) is 13.0 Å². The number of anilines is 1. The Kier molecular flexibility index (Phi) is 2.77. The van der Waals surface area contributed by atoms with Gasteiger partial charge in [-0.15, -0.1) is 0 Å². The Balaban J connectivity index is 1.38. The molecule has 2 aromatic rings. The van der Waals surface area contributed by atoms with Gasteiger partial charge >= 0.3 is 0 Å². The lowest BCUT2D eigenvalue weighted by molar-refractivity contribution is 0.0189. The highest BCUT2D eigenvalue weighted by atomic mass is 15.3. The smallest absolute Gasteiger partial charge is 0.209 e. The van der Waals surface area contributed by atoms with Crippen molar-refractivity contribution in [2.45, 2.75) is 24.8 Å². The summed E-state index contributed by atoms with van der Waals surface area (Å²) in [5.74, 6) is 2.84. The lowest BCUT2D eigenvalue weighted by Gasteiger charge is -2.52. The number of aromatic nitrogens is 2. The van der Waals surface area contributed by atoms with Gasteiger partial charge in [0, 0.05) is 13.6 Å². The Bertz CT molecular complexity index is 784. The van der Waals surface area contributed by atoms with Crippen LogP contribution in [0.4, 0.5) is 5.95 Å². The van der Waals surface area contributed by atoms with Gasteiger partial charge in [-0.2, -0.15) is 0 Å². The van der Waals surface area contributed by atoms with Crippen molar-refractivity contribution in [3.8, 4) is 0 Å². The van der Waals surface area contributed by atoms with Crippen molar-refractivity contribution < 1.29 is 0 Å². The first-order valence-electron chi connectivity index (χ1n) is 8.63. The van der Waals surface area contributed by atoms with Crippen LogP contribution in [-0.4, -0.2) is 39.6 Å². The summed E-state index contributed by atoms with van der Waals surface area (Å²) in [4.78, 5) is 7.33. The summed E-state index contributed by atoms with van der Waals surface area (Å²) < 4.78 is 2.12. The number of aryl methyl sites for hydroxylation is 1. The predicted molar refractivity (Wildman–Crippen MR) is 92.1 cm³/mol. The van der Waals surface area contributed by atoms with E-state index in [0.717, 1.165) is 35.1 Å². The number of nitrogens with one attached hydrogen (secondary N) is 2. The molecule has 1 unspecified atom stereocenters. The van der Waals surface area contributed by atoms with Crippen LogP contribution in [0.3, 0.4) is 0 Å². The van der Waals surface area contributed by atoms with Crippen molar-refractivity contribution in [3.05, 3.63) is 36.2 Å². The second-order valence-corrected chi connectivity index (χ2v) is 7.26. The first-order chi connectivity index (χ1) is 11.2. The minimum atomic E-state index is 0.253. The molecule has 6 rings (SSSR count). The van der Waals surface area contributed by atoms with Gasteiger partial charge in [0.05, 0.1) is 16.6 Å². The van der Waals surface area contributed by atoms with Crippen LogP contribution >= 0.6 is 0 Å². The van der Waals surface area contributed by atoms with Crippen molar-refractivity contribution in [3.63, 3.8) is 0 Å². The van der Waals surface area contributed by atoms with E-state index < -0.39 is 0 Å². The molecule has 0 amide bonds. The number of piperidine rings is 3. The molecular weight excluding hydrogens is 286 g/mol. The lowest BCUT2D eigenvalue weighted by atomic mass is 9.72. The quantitative estimate of drug-likeness (QED) is 0.893. The molecule has 0 radical (unpaired) electrons. The molecule has 1 aromatic heterocycles. The molecule has 5 heteroatoms. The molecule has 0 saturated carbocycles. The monoisotopic (exact) mass is 309 g/mol. The maximum atomic E-state index is 4.72. The van der Waals surface area contributed by atoms with Crippen LogP contribution in [0.2, 0.25) is 0 Å². The summed E-state index contributed by atoms with van der Waals surface area (Å²) in [7, 11) is 2.07. The Labute approximate surface area is 136 Å². The average Bonchev–Trinajstić information content (AvgIpc) is 3.11. The fraction of sp³-hybridized carbons (Fsp3) is 0.500. The number of benzene rings is 1. The molecule has 3 saturated heterocycles. The van der Waals surface area contributed by atoms with E-state index in [0.29, 0.717) is 0 Å². The Hall–Kier alpha value is -2.01. The van der Waals surface area contributed by atoms with Crippen LogP contribution in [-0.2, 0) is 7.05 Å². The fourth-order valence-corrected chi connectivity index (χ4v) is 4.66. The fourth-order valence-electron chi connectivity index (χ4n) is 4.66. The summed E-state index contributed by atoms with van der Waals surface area (Å²) in [5, 5.41) is 7.33. The van der Waals surface area contributed by atoms with E-state index >= 15 is 0 Å². The first kappa shape index (κ1) is 13.4. The molecule has 4 aliphatic rings. The first-order valence-corrected chi connectivity index (χ1v) is 8.63. The molecule has 1 aromatic carbocycles. The number of rotatable bonds is 2. The van der Waals surface area contributed by atoms with Crippen LogP contribution in [0.15, 0.2) is 36.2 Å². The molecule has 23 heavy (non-hydrogen) atoms. The van der Waals surface area contributed by atoms with E-state index in [1.807, 2.05) is 6.07 Å². The third-order valence-corrected chi connectivity index (χ3v) is 5.96. The van der Waals surface area contributed by atoms with Crippen molar-refractivity contribution in [1.29, 1.82) is 0 Å². The highest BCUT2D eigenvalue weighted by Crippen LogP contribution is 2.41. The lowest BCUT2D eigenvalue weighted by Crippen LogP contribution is -2.64. The zero-order valence-electron chi connectivity index (χ0n) is 13.5. The number of hydrogen-bond donors (Lipinski definition) is 2. The van der Waals surface area contributed by atoms with Crippen molar-refractivity contribution in [1.82, 2.24) is 19.8 Å². The zero-order valence-corrected chi connectivity index (χ0v) is 13.5. The van der Waals surface area contributed by atoms with Crippen LogP contribution in [0.25, 0.3) is 11.0 Å². The largest absolute Gasteiger partial charge is 0.364 e. The minimum absolute atomic E-state index is 0.253. The third-order valence-electron chi connectivity index (χ3n) is 5.96. The van der Waals surface area contributed by atoms with Gasteiger partial charge in [0.1, 0.15) is 5.82 Å². The van der Waals surface area contributed by atoms with Crippen molar-refractivity contribution >= 4 is 17.0 Å². The zero-order chi connectivity index (χ0) is 15.4. The number of para-hydroxylation sites is 2. The molecule has 120 valence electrons. The topological polar surface area (TPSA) is 45.1 Å². The van der Waals surface area contributed by atoms with Crippen LogP contribution in [0.1, 0.15) is 19.3 Å². The molecule has 4 aliphatic heterocycles. The van der Waals surface area contributed by atoms with Gasteiger partial charge < -0.3 is 20.1 Å². The van der Waals surface area contributed by atoms with Gasteiger partial charge in [0.15, 0.2) is 0 Å². The summed E-state index contributed by atoms with van der Waals surface area (Å²) >= 11 is 0. The van der Waals surface area contributed by atoms with E-state index in [2.05, 4.69) is 51.4 Å². The molecule has 0 aliphatic carbocycles. The summed E-state index contributed by atoms with van der Waals surface area (Å²) in [6, 6.07) is 8.27. The van der Waals surface area contributed by atoms with Gasteiger partial charge in [0.25, 0.3) is 0 Å². The molecule has 2 N–H and O–H groups in total. The molecule has 5 heterocycles. The number of hydrogen-bond acceptors (Lipinski definition) is 4. The van der Waals surface area contributed by atoms with E-state index in [1.165, 1.54) is 32.5 Å². The van der Waals surface area contributed by atoms with Crippen LogP contribution in [0, 0.1) is 5.92 Å². The second-order valence-electron chi connectivity index (χ2n) is 7.26. The van der Waals surface area contributed by atoms with Gasteiger partial charge in [0.2, 0.25) is 5.95 Å². The minimum Gasteiger partial charge on any atom is -0.364 e. The average molecular weight is 309 g/mol. The van der Waals surface area contributed by atoms with Gasteiger partial charge in [-0.05, 0) is 56.5 Å². The second kappa shape index (κ2) is 4.74. The number of imidazole rings is 1. The molecule has 3 fully saturated rings. The third kappa shape index (κ3) is 1.99. The molecule has 1 spiro atoms. The summed E-state index contributed by atoms with van der Waals surface area (Å²) in [6.45, 7) is 3.74. The maximum Gasteiger partial charge on any atom is 0.209 e. The van der Waals surface area contributed by atoms with Crippen molar-refractivity contribution in [2.75, 3.05) is 25.0 Å². The van der Waals surface area contributed by atoms with Gasteiger partial charge in [-0.1, -0.05) is 12.1 Å². The highest BCUT2D eigenvalue weighted by Gasteiger charge is 2.48. The van der Waals surface area contributed by atoms with Crippen LogP contribution < -0.4 is 10.6 Å². The molecule has 1 atom stereocenters. The summed E-state index contributed by atoms with van der Waals surface area (Å²) in [6.07, 6.45) is 6.11. The molecular formula is C18H23N5. The van der Waals surface area contributed by atoms with E-state index in [1.54, 1.807) is 0 Å². The SMILES string of the molecule is Cn1c(NC2=CCC3(CN4CCC3CC4)N2)nc2ccccc21. The van der Waals surface area contributed by atoms with E-state index in [4.69, 9.17) is 4.98 Å². The molecule has 5 nitrogen and oxygen atoms in total. The number of fused-ring (bicyclic) bond motifs is 3. The normalized spacial score (nSPS) is 32.3. The number of nitrogens with zero attached hydrogens (tertiary/aromatic N) is 3. The van der Waals surface area contributed by atoms with Gasteiger partial charge in [-0.25, -0.2) is 4.98 Å². The summed E-state index contributed by atoms with van der Waals surface area (Å²) in [5.41, 5.74) is 2.45. The highest BCUT2D eigenvalue weighted by molar-refractivity contribution is 5.78. The van der Waals surface area contributed by atoms with E-state index in [9.17, 15) is 0 Å². The Morgan fingerprint density at radius 2 is 2.09 bits per heavy atom. The Morgan fingerprint density at radius 3 is 2.83 bits per heavy atom. The van der Waals surface area contributed by atoms with Gasteiger partial charge in [-0.3, -0.25) is 0 Å². The maximum absolute atomic E-state index is 4.72. The molecule has 2 bridgehead atoms. The predicted octanol–water partition coefficient (Wildman–Crippen LogP) is 2.28. The Morgan fingerprint density at radius 1 is 1.26 bits per heavy atom.